The summed E-state index contributed by atoms with van der Waals surface area (Å²) in [4.78, 5) is 36.8. The first kappa shape index (κ1) is 19.4. The molecule has 2 rings (SSSR count). The van der Waals surface area contributed by atoms with Gasteiger partial charge in [0.25, 0.3) is 5.91 Å². The van der Waals surface area contributed by atoms with Crippen LogP contribution in [0.1, 0.15) is 38.5 Å². The second-order valence-electron chi connectivity index (χ2n) is 6.55. The molecule has 2 aliphatic rings. The fourth-order valence-electron chi connectivity index (χ4n) is 2.95. The quantitative estimate of drug-likeness (QED) is 0.472. The smallest absolute Gasteiger partial charge is 0.325 e. The number of nitrogens with one attached hydrogen (secondary N) is 2. The molecule has 0 radical (unpaired) electrons. The molecule has 0 spiro atoms. The van der Waals surface area contributed by atoms with Crippen LogP contribution in [0.2, 0.25) is 0 Å². The number of hydrogen-bond acceptors (Lipinski definition) is 5. The summed E-state index contributed by atoms with van der Waals surface area (Å²) in [6, 6.07) is -1.55. The van der Waals surface area contributed by atoms with Crippen molar-refractivity contribution in [3.05, 3.63) is 11.6 Å². The first-order valence-electron chi connectivity index (χ1n) is 8.50. The Bertz CT molecular complexity index is 671. The zero-order valence-electron chi connectivity index (χ0n) is 14.4. The maximum Gasteiger partial charge on any atom is 0.325 e. The summed E-state index contributed by atoms with van der Waals surface area (Å²) in [5.74, 6) is -1.15. The predicted octanol–water partition coefficient (Wildman–Crippen LogP) is 0.348. The number of hydrogen-bond donors (Lipinski definition) is 2. The molecule has 0 saturated carbocycles. The number of amides is 4. The number of nitrogens with zero attached hydrogens (tertiary/aromatic N) is 1. The van der Waals surface area contributed by atoms with Crippen LogP contribution in [-0.2, 0) is 19.4 Å². The van der Waals surface area contributed by atoms with E-state index >= 15 is 0 Å². The van der Waals surface area contributed by atoms with Gasteiger partial charge in [-0.2, -0.15) is 0 Å². The van der Waals surface area contributed by atoms with Gasteiger partial charge in [-0.15, -0.1) is 0 Å². The van der Waals surface area contributed by atoms with Gasteiger partial charge in [-0.1, -0.05) is 11.6 Å². The average molecular weight is 371 g/mol. The molecule has 1 fully saturated rings. The highest BCUT2D eigenvalue weighted by molar-refractivity contribution is 7.90. The van der Waals surface area contributed by atoms with Crippen molar-refractivity contribution in [2.45, 2.75) is 44.6 Å². The number of urea groups is 1. The van der Waals surface area contributed by atoms with E-state index in [0.717, 1.165) is 30.4 Å². The van der Waals surface area contributed by atoms with Gasteiger partial charge in [-0.25, -0.2) is 13.2 Å². The van der Waals surface area contributed by atoms with Crippen molar-refractivity contribution in [3.8, 4) is 0 Å². The first-order chi connectivity index (χ1) is 11.8. The van der Waals surface area contributed by atoms with Crippen molar-refractivity contribution in [2.75, 3.05) is 25.1 Å². The van der Waals surface area contributed by atoms with Crippen LogP contribution in [-0.4, -0.2) is 62.3 Å². The Morgan fingerprint density at radius 3 is 2.76 bits per heavy atom. The molecule has 8 nitrogen and oxygen atoms in total. The Labute approximate surface area is 147 Å². The Morgan fingerprint density at radius 2 is 2.12 bits per heavy atom. The lowest BCUT2D eigenvalue weighted by Crippen LogP contribution is -2.41. The van der Waals surface area contributed by atoms with Crippen molar-refractivity contribution in [3.63, 3.8) is 0 Å². The molecular weight excluding hydrogens is 346 g/mol. The van der Waals surface area contributed by atoms with Crippen molar-refractivity contribution < 1.29 is 22.8 Å². The molecule has 0 aromatic rings. The number of allylic oxidation sites excluding steroid dienone is 1. The van der Waals surface area contributed by atoms with Crippen molar-refractivity contribution in [1.82, 2.24) is 15.5 Å². The summed E-state index contributed by atoms with van der Waals surface area (Å²) in [5, 5.41) is 5.14. The Hall–Kier alpha value is -1.90. The maximum atomic E-state index is 12.1. The van der Waals surface area contributed by atoms with Gasteiger partial charge in [0.2, 0.25) is 5.91 Å². The largest absolute Gasteiger partial charge is 0.354 e. The molecule has 4 amide bonds. The third-order valence-corrected chi connectivity index (χ3v) is 5.32. The molecule has 1 unspecified atom stereocenters. The van der Waals surface area contributed by atoms with E-state index in [1.54, 1.807) is 0 Å². The van der Waals surface area contributed by atoms with Gasteiger partial charge in [0.15, 0.2) is 0 Å². The Kier molecular flexibility index (Phi) is 6.57. The van der Waals surface area contributed by atoms with Crippen LogP contribution in [0.15, 0.2) is 11.6 Å². The van der Waals surface area contributed by atoms with Crippen LogP contribution in [0.5, 0.6) is 0 Å². The fourth-order valence-corrected chi connectivity index (χ4v) is 3.61. The van der Waals surface area contributed by atoms with E-state index in [1.807, 2.05) is 0 Å². The van der Waals surface area contributed by atoms with Crippen molar-refractivity contribution in [2.24, 2.45) is 0 Å². The molecule has 1 atom stereocenters. The minimum atomic E-state index is -3.22. The van der Waals surface area contributed by atoms with Gasteiger partial charge in [-0.05, 0) is 38.5 Å². The fraction of sp³-hybridized carbons (Fsp3) is 0.688. The minimum absolute atomic E-state index is 0.00960. The van der Waals surface area contributed by atoms with E-state index in [1.165, 1.54) is 18.4 Å². The molecule has 1 heterocycles. The summed E-state index contributed by atoms with van der Waals surface area (Å²) < 4.78 is 22.4. The van der Waals surface area contributed by atoms with Crippen LogP contribution in [0.3, 0.4) is 0 Å². The summed E-state index contributed by atoms with van der Waals surface area (Å²) in [6.45, 7) is 0.130. The number of carbonyl (C=O) groups is 3. The summed E-state index contributed by atoms with van der Waals surface area (Å²) in [6.07, 6.45) is 8.60. The third kappa shape index (κ3) is 6.15. The Morgan fingerprint density at radius 1 is 1.36 bits per heavy atom. The van der Waals surface area contributed by atoms with Crippen molar-refractivity contribution in [1.29, 1.82) is 0 Å². The van der Waals surface area contributed by atoms with Crippen LogP contribution >= 0.6 is 0 Å². The minimum Gasteiger partial charge on any atom is -0.354 e. The van der Waals surface area contributed by atoms with Crippen molar-refractivity contribution >= 4 is 27.7 Å². The van der Waals surface area contributed by atoms with E-state index in [2.05, 4.69) is 16.7 Å². The summed E-state index contributed by atoms with van der Waals surface area (Å²) >= 11 is 0. The highest BCUT2D eigenvalue weighted by atomic mass is 32.2. The summed E-state index contributed by atoms with van der Waals surface area (Å²) in [5.41, 5.74) is 1.34. The maximum absolute atomic E-state index is 12.1. The van der Waals surface area contributed by atoms with E-state index in [0.29, 0.717) is 6.54 Å². The van der Waals surface area contributed by atoms with E-state index in [4.69, 9.17) is 0 Å². The summed E-state index contributed by atoms with van der Waals surface area (Å²) in [7, 11) is -3.22. The van der Waals surface area contributed by atoms with Crippen LogP contribution in [0.25, 0.3) is 0 Å². The van der Waals surface area contributed by atoms with Gasteiger partial charge < -0.3 is 10.6 Å². The van der Waals surface area contributed by atoms with Gasteiger partial charge in [-0.3, -0.25) is 14.5 Å². The second kappa shape index (κ2) is 8.46. The number of carbonyl (C=O) groups excluding carboxylic acids is 3. The van der Waals surface area contributed by atoms with Gasteiger partial charge in [0, 0.05) is 12.8 Å². The molecule has 1 aliphatic carbocycles. The second-order valence-corrected chi connectivity index (χ2v) is 8.81. The lowest BCUT2D eigenvalue weighted by atomic mass is 9.97. The molecule has 140 valence electrons. The van der Waals surface area contributed by atoms with Crippen LogP contribution in [0.4, 0.5) is 4.79 Å². The normalized spacial score (nSPS) is 21.1. The number of sulfone groups is 1. The molecule has 2 N–H and O–H groups in total. The number of imide groups is 1. The predicted molar refractivity (Wildman–Crippen MR) is 92.5 cm³/mol. The average Bonchev–Trinajstić information content (AvgIpc) is 2.81. The van der Waals surface area contributed by atoms with E-state index < -0.39 is 33.7 Å². The SMILES string of the molecule is CS(=O)(=O)CCC1NC(=O)N(CC(=O)NCCC2=CCCCC2)C1=O. The molecule has 25 heavy (non-hydrogen) atoms. The lowest BCUT2D eigenvalue weighted by molar-refractivity contribution is -0.132. The molecule has 0 aromatic heterocycles. The Balaban J connectivity index is 1.76. The highest BCUT2D eigenvalue weighted by Gasteiger charge is 2.38. The molecule has 0 aromatic carbocycles. The van der Waals surface area contributed by atoms with Gasteiger partial charge in [0.1, 0.15) is 22.4 Å². The van der Waals surface area contributed by atoms with E-state index in [-0.39, 0.29) is 18.7 Å². The monoisotopic (exact) mass is 371 g/mol. The zero-order chi connectivity index (χ0) is 18.4. The lowest BCUT2D eigenvalue weighted by Gasteiger charge is -2.15. The zero-order valence-corrected chi connectivity index (χ0v) is 15.2. The molecule has 1 aliphatic heterocycles. The molecule has 0 bridgehead atoms. The highest BCUT2D eigenvalue weighted by Crippen LogP contribution is 2.19. The molecule has 9 heteroatoms. The standard InChI is InChI=1S/C16H25N3O5S/c1-25(23,24)10-8-13-15(21)19(16(22)18-13)11-14(20)17-9-7-12-5-3-2-4-6-12/h5,13H,2-4,6-11H2,1H3,(H,17,20)(H,18,22). The molecular formula is C16H25N3O5S. The third-order valence-electron chi connectivity index (χ3n) is 4.34. The number of rotatable bonds is 8. The molecule has 1 saturated heterocycles. The van der Waals surface area contributed by atoms with Crippen LogP contribution in [0, 0.1) is 0 Å². The van der Waals surface area contributed by atoms with Gasteiger partial charge in [0.05, 0.1) is 5.75 Å². The topological polar surface area (TPSA) is 113 Å². The van der Waals surface area contributed by atoms with Gasteiger partial charge >= 0.3 is 6.03 Å². The van der Waals surface area contributed by atoms with E-state index in [9.17, 15) is 22.8 Å². The van der Waals surface area contributed by atoms with Crippen LogP contribution < -0.4 is 10.6 Å². The first-order valence-corrected chi connectivity index (χ1v) is 10.6.